The Morgan fingerprint density at radius 3 is 2.66 bits per heavy atom. The summed E-state index contributed by atoms with van der Waals surface area (Å²) in [4.78, 5) is 9.48. The van der Waals surface area contributed by atoms with E-state index in [1.165, 1.54) is 0 Å². The number of hydrogen-bond acceptors (Lipinski definition) is 6. The fourth-order valence-corrected chi connectivity index (χ4v) is 3.26. The molecule has 4 rings (SSSR count). The molecule has 6 heteroatoms. The van der Waals surface area contributed by atoms with E-state index in [4.69, 9.17) is 14.2 Å². The van der Waals surface area contributed by atoms with Crippen molar-refractivity contribution in [2.75, 3.05) is 12.4 Å². The minimum absolute atomic E-state index is 0.164. The van der Waals surface area contributed by atoms with Crippen molar-refractivity contribution in [3.8, 4) is 17.1 Å². The van der Waals surface area contributed by atoms with E-state index in [0.29, 0.717) is 24.1 Å². The predicted octanol–water partition coefficient (Wildman–Crippen LogP) is 5.34. The number of para-hydroxylation sites is 2. The molecule has 4 aromatic rings. The fraction of sp³-hybridized carbons (Fsp3) is 0.261. The lowest BCUT2D eigenvalue weighted by Gasteiger charge is -2.13. The van der Waals surface area contributed by atoms with Gasteiger partial charge in [0.1, 0.15) is 11.6 Å². The zero-order chi connectivity index (χ0) is 20.4. The minimum atomic E-state index is 0.164. The third-order valence-electron chi connectivity index (χ3n) is 4.86. The second-order valence-electron chi connectivity index (χ2n) is 7.31. The summed E-state index contributed by atoms with van der Waals surface area (Å²) < 4.78 is 10.9. The van der Waals surface area contributed by atoms with Gasteiger partial charge in [0.2, 0.25) is 11.7 Å². The molecule has 2 aromatic carbocycles. The van der Waals surface area contributed by atoms with Gasteiger partial charge in [-0.3, -0.25) is 0 Å². The maximum atomic E-state index is 5.47. The number of pyridine rings is 1. The minimum Gasteiger partial charge on any atom is -0.496 e. The Morgan fingerprint density at radius 1 is 1.07 bits per heavy atom. The van der Waals surface area contributed by atoms with Crippen molar-refractivity contribution in [3.05, 3.63) is 65.5 Å². The molecule has 0 atom stereocenters. The van der Waals surface area contributed by atoms with E-state index in [0.717, 1.165) is 33.3 Å². The van der Waals surface area contributed by atoms with Gasteiger partial charge in [-0.2, -0.15) is 4.98 Å². The predicted molar refractivity (Wildman–Crippen MR) is 114 cm³/mol. The monoisotopic (exact) mass is 388 g/mol. The first-order chi connectivity index (χ1) is 14.1. The van der Waals surface area contributed by atoms with Gasteiger partial charge in [0.25, 0.3) is 0 Å². The Morgan fingerprint density at radius 2 is 1.90 bits per heavy atom. The molecule has 148 valence electrons. The highest BCUT2D eigenvalue weighted by atomic mass is 16.5. The molecule has 0 unspecified atom stereocenters. The van der Waals surface area contributed by atoms with Gasteiger partial charge in [-0.05, 0) is 24.6 Å². The number of nitrogens with one attached hydrogen (secondary N) is 1. The second kappa shape index (κ2) is 7.91. The van der Waals surface area contributed by atoms with Crippen LogP contribution in [0.15, 0.2) is 53.1 Å². The van der Waals surface area contributed by atoms with Crippen LogP contribution in [0.1, 0.15) is 36.8 Å². The zero-order valence-corrected chi connectivity index (χ0v) is 17.1. The number of methoxy groups -OCH3 is 1. The van der Waals surface area contributed by atoms with E-state index in [2.05, 4.69) is 34.5 Å². The molecular weight excluding hydrogens is 364 g/mol. The van der Waals surface area contributed by atoms with Crippen LogP contribution in [0.25, 0.3) is 22.3 Å². The average Bonchev–Trinajstić information content (AvgIpc) is 3.23. The number of fused-ring (bicyclic) bond motifs is 1. The van der Waals surface area contributed by atoms with Crippen LogP contribution >= 0.6 is 0 Å². The van der Waals surface area contributed by atoms with Gasteiger partial charge < -0.3 is 14.6 Å². The normalized spacial score (nSPS) is 11.2. The molecular formula is C23H24N4O2. The molecule has 0 aliphatic carbocycles. The number of rotatable bonds is 6. The molecule has 0 aliphatic heterocycles. The number of aryl methyl sites for hydroxylation is 1. The number of anilines is 1. The number of aromatic nitrogens is 3. The van der Waals surface area contributed by atoms with E-state index < -0.39 is 0 Å². The second-order valence-corrected chi connectivity index (χ2v) is 7.31. The standard InChI is InChI=1S/C23H24N4O2/c1-14(2)23-26-22(27-29-23)18-12-16-10-7-8-15(3)20(16)25-21(18)24-13-17-9-5-6-11-19(17)28-4/h5-12,14H,13H2,1-4H3,(H,24,25). The van der Waals surface area contributed by atoms with E-state index >= 15 is 0 Å². The van der Waals surface area contributed by atoms with Crippen LogP contribution < -0.4 is 10.1 Å². The molecule has 1 N–H and O–H groups in total. The van der Waals surface area contributed by atoms with Crippen LogP contribution in [0.5, 0.6) is 5.75 Å². The van der Waals surface area contributed by atoms with Crippen LogP contribution in [0.4, 0.5) is 5.82 Å². The van der Waals surface area contributed by atoms with Crippen molar-refractivity contribution in [2.24, 2.45) is 0 Å². The molecule has 2 heterocycles. The summed E-state index contributed by atoms with van der Waals surface area (Å²) in [7, 11) is 1.68. The molecule has 0 radical (unpaired) electrons. The first-order valence-electron chi connectivity index (χ1n) is 9.67. The van der Waals surface area contributed by atoms with Crippen molar-refractivity contribution in [1.82, 2.24) is 15.1 Å². The van der Waals surface area contributed by atoms with Gasteiger partial charge in [0.05, 0.1) is 18.2 Å². The van der Waals surface area contributed by atoms with E-state index in [-0.39, 0.29) is 5.92 Å². The summed E-state index contributed by atoms with van der Waals surface area (Å²) in [6.45, 7) is 6.68. The van der Waals surface area contributed by atoms with Crippen LogP contribution in [0.3, 0.4) is 0 Å². The van der Waals surface area contributed by atoms with Crippen molar-refractivity contribution in [1.29, 1.82) is 0 Å². The van der Waals surface area contributed by atoms with Crippen LogP contribution in [-0.2, 0) is 6.54 Å². The molecule has 6 nitrogen and oxygen atoms in total. The van der Waals surface area contributed by atoms with Crippen LogP contribution in [-0.4, -0.2) is 22.2 Å². The SMILES string of the molecule is COc1ccccc1CNc1nc2c(C)cccc2cc1-c1noc(C(C)C)n1. The zero-order valence-electron chi connectivity index (χ0n) is 17.1. The van der Waals surface area contributed by atoms with Crippen molar-refractivity contribution in [3.63, 3.8) is 0 Å². The molecule has 0 amide bonds. The number of nitrogens with zero attached hydrogens (tertiary/aromatic N) is 3. The molecule has 0 saturated heterocycles. The summed E-state index contributed by atoms with van der Waals surface area (Å²) in [5.41, 5.74) is 3.92. The molecule has 0 spiro atoms. The maximum absolute atomic E-state index is 5.47. The van der Waals surface area contributed by atoms with E-state index in [9.17, 15) is 0 Å². The summed E-state index contributed by atoms with van der Waals surface area (Å²) in [5, 5.41) is 8.68. The smallest absolute Gasteiger partial charge is 0.229 e. The van der Waals surface area contributed by atoms with E-state index in [1.54, 1.807) is 7.11 Å². The lowest BCUT2D eigenvalue weighted by molar-refractivity contribution is 0.365. The van der Waals surface area contributed by atoms with Gasteiger partial charge >= 0.3 is 0 Å². The first kappa shape index (κ1) is 18.9. The molecule has 0 aliphatic rings. The Hall–Kier alpha value is -3.41. The number of benzene rings is 2. The lowest BCUT2D eigenvalue weighted by atomic mass is 10.1. The van der Waals surface area contributed by atoms with E-state index in [1.807, 2.05) is 50.2 Å². The third-order valence-corrected chi connectivity index (χ3v) is 4.86. The van der Waals surface area contributed by atoms with Gasteiger partial charge in [0.15, 0.2) is 0 Å². The first-order valence-corrected chi connectivity index (χ1v) is 9.67. The fourth-order valence-electron chi connectivity index (χ4n) is 3.26. The highest BCUT2D eigenvalue weighted by Crippen LogP contribution is 2.31. The van der Waals surface area contributed by atoms with Gasteiger partial charge in [-0.15, -0.1) is 0 Å². The summed E-state index contributed by atoms with van der Waals surface area (Å²) in [5.74, 6) is 2.86. The molecule has 0 saturated carbocycles. The Kier molecular flexibility index (Phi) is 5.16. The summed E-state index contributed by atoms with van der Waals surface area (Å²) in [6.07, 6.45) is 0. The third kappa shape index (κ3) is 3.78. The number of hydrogen-bond donors (Lipinski definition) is 1. The van der Waals surface area contributed by atoms with Crippen molar-refractivity contribution in [2.45, 2.75) is 33.2 Å². The molecule has 0 bridgehead atoms. The van der Waals surface area contributed by atoms with Gasteiger partial charge in [-0.25, -0.2) is 4.98 Å². The van der Waals surface area contributed by atoms with Crippen LogP contribution in [0, 0.1) is 6.92 Å². The summed E-state index contributed by atoms with van der Waals surface area (Å²) in [6, 6.07) is 16.1. The molecule has 2 aromatic heterocycles. The molecule has 29 heavy (non-hydrogen) atoms. The largest absolute Gasteiger partial charge is 0.496 e. The summed E-state index contributed by atoms with van der Waals surface area (Å²) >= 11 is 0. The Bertz CT molecular complexity index is 1150. The topological polar surface area (TPSA) is 73.1 Å². The Labute approximate surface area is 169 Å². The quantitative estimate of drug-likeness (QED) is 0.481. The van der Waals surface area contributed by atoms with Crippen molar-refractivity contribution < 1.29 is 9.26 Å². The van der Waals surface area contributed by atoms with Gasteiger partial charge in [0, 0.05) is 23.4 Å². The highest BCUT2D eigenvalue weighted by molar-refractivity contribution is 5.89. The average molecular weight is 388 g/mol. The number of ether oxygens (including phenoxy) is 1. The molecule has 0 fully saturated rings. The lowest BCUT2D eigenvalue weighted by Crippen LogP contribution is -2.05. The highest BCUT2D eigenvalue weighted by Gasteiger charge is 2.17. The van der Waals surface area contributed by atoms with Gasteiger partial charge in [-0.1, -0.05) is 55.4 Å². The Balaban J connectivity index is 1.78. The maximum Gasteiger partial charge on any atom is 0.229 e. The van der Waals surface area contributed by atoms with Crippen LogP contribution in [0.2, 0.25) is 0 Å². The van der Waals surface area contributed by atoms with Crippen molar-refractivity contribution >= 4 is 16.7 Å².